The van der Waals surface area contributed by atoms with E-state index in [2.05, 4.69) is 0 Å². The van der Waals surface area contributed by atoms with Crippen LogP contribution in [0.4, 0.5) is 18.9 Å². The van der Waals surface area contributed by atoms with Crippen LogP contribution in [-0.4, -0.2) is 31.0 Å². The molecule has 1 N–H and O–H groups in total. The Morgan fingerprint density at radius 2 is 1.63 bits per heavy atom. The Hall–Kier alpha value is -4.27. The molecule has 1 unspecified atom stereocenters. The molecule has 3 aromatic rings. The van der Waals surface area contributed by atoms with E-state index < -0.39 is 35.2 Å². The van der Waals surface area contributed by atoms with Crippen molar-refractivity contribution in [1.82, 2.24) is 0 Å². The molecule has 38 heavy (non-hydrogen) atoms. The summed E-state index contributed by atoms with van der Waals surface area (Å²) in [5.41, 5.74) is 0.111. The van der Waals surface area contributed by atoms with Gasteiger partial charge in [0.1, 0.15) is 17.3 Å². The van der Waals surface area contributed by atoms with E-state index in [0.717, 1.165) is 22.6 Å². The molecule has 1 amide bonds. The molecular weight excluding hydrogens is 499 g/mol. The van der Waals surface area contributed by atoms with Gasteiger partial charge in [0.2, 0.25) is 0 Å². The van der Waals surface area contributed by atoms with Crippen LogP contribution in [-0.2, 0) is 15.8 Å². The van der Waals surface area contributed by atoms with E-state index in [1.165, 1.54) is 26.4 Å². The number of nitrogens with zero attached hydrogens (tertiary/aromatic N) is 1. The lowest BCUT2D eigenvalue weighted by Crippen LogP contribution is -2.29. The third-order valence-corrected chi connectivity index (χ3v) is 6.45. The molecule has 198 valence electrons. The molecule has 1 aliphatic rings. The maximum atomic E-state index is 13.5. The summed E-state index contributed by atoms with van der Waals surface area (Å²) in [5.74, 6) is -1.40. The molecule has 1 saturated heterocycles. The first-order valence-corrected chi connectivity index (χ1v) is 11.8. The average Bonchev–Trinajstić information content (AvgIpc) is 3.17. The summed E-state index contributed by atoms with van der Waals surface area (Å²) in [5, 5.41) is 11.4. The van der Waals surface area contributed by atoms with Gasteiger partial charge in [-0.25, -0.2) is 0 Å². The Balaban J connectivity index is 1.95. The van der Waals surface area contributed by atoms with Crippen LogP contribution in [0.1, 0.15) is 48.1 Å². The summed E-state index contributed by atoms with van der Waals surface area (Å²) in [6.45, 7) is 3.87. The Morgan fingerprint density at radius 3 is 2.21 bits per heavy atom. The summed E-state index contributed by atoms with van der Waals surface area (Å²) in [4.78, 5) is 27.6. The summed E-state index contributed by atoms with van der Waals surface area (Å²) in [7, 11) is 2.99. The fourth-order valence-corrected chi connectivity index (χ4v) is 4.52. The molecule has 1 atom stereocenters. The highest BCUT2D eigenvalue weighted by atomic mass is 19.4. The molecule has 0 radical (unpaired) electrons. The Bertz CT molecular complexity index is 1410. The van der Waals surface area contributed by atoms with Gasteiger partial charge in [0.05, 0.1) is 31.4 Å². The predicted octanol–water partition coefficient (Wildman–Crippen LogP) is 6.47. The fourth-order valence-electron chi connectivity index (χ4n) is 4.52. The van der Waals surface area contributed by atoms with Gasteiger partial charge in [0.15, 0.2) is 0 Å². The largest absolute Gasteiger partial charge is 0.507 e. The Kier molecular flexibility index (Phi) is 7.22. The molecule has 9 heteroatoms. The second-order valence-electron chi connectivity index (χ2n) is 9.10. The van der Waals surface area contributed by atoms with Gasteiger partial charge in [-0.1, -0.05) is 32.0 Å². The van der Waals surface area contributed by atoms with Crippen LogP contribution < -0.4 is 14.4 Å². The average molecular weight is 526 g/mol. The third-order valence-electron chi connectivity index (χ3n) is 6.45. The topological polar surface area (TPSA) is 76.1 Å². The minimum Gasteiger partial charge on any atom is -0.507 e. The number of benzene rings is 3. The van der Waals surface area contributed by atoms with Crippen molar-refractivity contribution in [3.8, 4) is 11.5 Å². The van der Waals surface area contributed by atoms with Crippen molar-refractivity contribution < 1.29 is 37.3 Å². The van der Waals surface area contributed by atoms with Crippen LogP contribution in [0.15, 0.2) is 72.3 Å². The number of hydrogen-bond donors (Lipinski definition) is 1. The number of aliphatic hydroxyl groups is 1. The van der Waals surface area contributed by atoms with Crippen molar-refractivity contribution in [3.05, 3.63) is 94.6 Å². The monoisotopic (exact) mass is 525 g/mol. The van der Waals surface area contributed by atoms with Crippen LogP contribution >= 0.6 is 0 Å². The van der Waals surface area contributed by atoms with Gasteiger partial charge in [0, 0.05) is 11.3 Å². The lowest BCUT2D eigenvalue weighted by Gasteiger charge is -2.26. The van der Waals surface area contributed by atoms with Crippen LogP contribution in [0.2, 0.25) is 0 Å². The number of hydrogen-bond acceptors (Lipinski definition) is 5. The van der Waals surface area contributed by atoms with Crippen molar-refractivity contribution in [3.63, 3.8) is 0 Å². The molecule has 4 rings (SSSR count). The maximum Gasteiger partial charge on any atom is 0.416 e. The van der Waals surface area contributed by atoms with E-state index >= 15 is 0 Å². The fraction of sp³-hybridized carbons (Fsp3) is 0.241. The zero-order valence-electron chi connectivity index (χ0n) is 21.2. The second kappa shape index (κ2) is 10.2. The summed E-state index contributed by atoms with van der Waals surface area (Å²) < 4.78 is 51.0. The lowest BCUT2D eigenvalue weighted by molar-refractivity contribution is -0.137. The number of ether oxygens (including phenoxy) is 2. The van der Waals surface area contributed by atoms with Crippen molar-refractivity contribution in [1.29, 1.82) is 0 Å². The number of methoxy groups -OCH3 is 2. The first kappa shape index (κ1) is 26.8. The predicted molar refractivity (Wildman–Crippen MR) is 136 cm³/mol. The zero-order valence-corrected chi connectivity index (χ0v) is 21.2. The molecule has 1 aliphatic heterocycles. The first-order valence-electron chi connectivity index (χ1n) is 11.8. The van der Waals surface area contributed by atoms with Gasteiger partial charge in [-0.15, -0.1) is 0 Å². The SMILES string of the molecule is COc1ccc(C2/C(=C(/O)c3ccc(OC)c(C(C)C)c3)C(=O)C(=O)N2c2cccc(C(F)(F)F)c2)cc1. The zero-order chi connectivity index (χ0) is 27.8. The number of rotatable bonds is 6. The molecule has 3 aromatic carbocycles. The molecule has 0 aromatic heterocycles. The van der Waals surface area contributed by atoms with Gasteiger partial charge in [-0.2, -0.15) is 13.2 Å². The highest BCUT2D eigenvalue weighted by molar-refractivity contribution is 6.51. The number of ketones is 1. The van der Waals surface area contributed by atoms with Gasteiger partial charge in [0.25, 0.3) is 11.7 Å². The summed E-state index contributed by atoms with van der Waals surface area (Å²) in [6.07, 6.45) is -4.66. The smallest absolute Gasteiger partial charge is 0.416 e. The summed E-state index contributed by atoms with van der Waals surface area (Å²) >= 11 is 0. The van der Waals surface area contributed by atoms with E-state index in [1.807, 2.05) is 13.8 Å². The van der Waals surface area contributed by atoms with Gasteiger partial charge in [-0.3, -0.25) is 14.5 Å². The van der Waals surface area contributed by atoms with Crippen LogP contribution in [0.25, 0.3) is 5.76 Å². The minimum atomic E-state index is -4.66. The first-order chi connectivity index (χ1) is 18.0. The quantitative estimate of drug-likeness (QED) is 0.227. The van der Waals surface area contributed by atoms with E-state index in [1.54, 1.807) is 42.5 Å². The molecule has 0 saturated carbocycles. The van der Waals surface area contributed by atoms with Gasteiger partial charge < -0.3 is 14.6 Å². The molecule has 0 spiro atoms. The summed E-state index contributed by atoms with van der Waals surface area (Å²) in [6, 6.07) is 14.3. The molecule has 0 aliphatic carbocycles. The van der Waals surface area contributed by atoms with E-state index in [9.17, 15) is 27.9 Å². The molecule has 6 nitrogen and oxygen atoms in total. The van der Waals surface area contributed by atoms with Gasteiger partial charge in [-0.05, 0) is 65.6 Å². The number of carbonyl (C=O) groups is 2. The van der Waals surface area contributed by atoms with E-state index in [-0.39, 0.29) is 22.7 Å². The molecule has 1 heterocycles. The number of Topliss-reactive ketones (excluding diaryl/α,β-unsaturated/α-hetero) is 1. The van der Waals surface area contributed by atoms with Crippen molar-refractivity contribution in [2.45, 2.75) is 32.0 Å². The van der Waals surface area contributed by atoms with E-state index in [0.29, 0.717) is 17.1 Å². The maximum absolute atomic E-state index is 13.5. The van der Waals surface area contributed by atoms with Gasteiger partial charge >= 0.3 is 6.18 Å². The minimum absolute atomic E-state index is 0.0163. The van der Waals surface area contributed by atoms with Crippen molar-refractivity contribution >= 4 is 23.1 Å². The number of amides is 1. The molecular formula is C29H26F3NO5. The van der Waals surface area contributed by atoms with Crippen LogP contribution in [0.5, 0.6) is 11.5 Å². The highest BCUT2D eigenvalue weighted by Gasteiger charge is 2.47. The molecule has 0 bridgehead atoms. The van der Waals surface area contributed by atoms with Crippen molar-refractivity contribution in [2.75, 3.05) is 19.1 Å². The van der Waals surface area contributed by atoms with Crippen LogP contribution in [0.3, 0.4) is 0 Å². The van der Waals surface area contributed by atoms with Crippen molar-refractivity contribution in [2.24, 2.45) is 0 Å². The molecule has 1 fully saturated rings. The third kappa shape index (κ3) is 4.83. The number of anilines is 1. The number of aliphatic hydroxyl groups excluding tert-OH is 1. The number of alkyl halides is 3. The number of carbonyl (C=O) groups excluding carboxylic acids is 2. The highest BCUT2D eigenvalue weighted by Crippen LogP contribution is 2.44. The second-order valence-corrected chi connectivity index (χ2v) is 9.10. The van der Waals surface area contributed by atoms with E-state index in [4.69, 9.17) is 9.47 Å². The number of halogens is 3. The lowest BCUT2D eigenvalue weighted by atomic mass is 9.93. The van der Waals surface area contributed by atoms with Crippen LogP contribution in [0, 0.1) is 0 Å². The Labute approximate surface area is 217 Å². The Morgan fingerprint density at radius 1 is 0.947 bits per heavy atom. The standard InChI is InChI=1S/C29H26F3NO5/c1-16(2)22-14-18(10-13-23(22)38-4)26(34)24-25(17-8-11-21(37-3)12-9-17)33(28(36)27(24)35)20-7-5-6-19(15-20)29(30,31)32/h5-16,25,34H,1-4H3/b26-24-. The normalized spacial score (nSPS) is 17.3.